The van der Waals surface area contributed by atoms with Gasteiger partial charge in [-0.05, 0) is 84.8 Å². The fourth-order valence-corrected chi connectivity index (χ4v) is 3.29. The summed E-state index contributed by atoms with van der Waals surface area (Å²) in [5.74, 6) is 2.20. The minimum atomic E-state index is 0.508. The number of benzene rings is 2. The van der Waals surface area contributed by atoms with Crippen LogP contribution in [0.2, 0.25) is 0 Å². The topological polar surface area (TPSA) is 71.1 Å². The van der Waals surface area contributed by atoms with Gasteiger partial charge in [-0.25, -0.2) is 4.98 Å². The molecule has 0 saturated carbocycles. The Bertz CT molecular complexity index is 998. The lowest BCUT2D eigenvalue weighted by Gasteiger charge is -2.13. The summed E-state index contributed by atoms with van der Waals surface area (Å²) in [5.41, 5.74) is 6.35. The van der Waals surface area contributed by atoms with Gasteiger partial charge in [-0.15, -0.1) is 0 Å². The van der Waals surface area contributed by atoms with Crippen LogP contribution < -0.4 is 20.7 Å². The van der Waals surface area contributed by atoms with E-state index >= 15 is 0 Å². The molecule has 3 N–H and O–H groups in total. The van der Waals surface area contributed by atoms with Gasteiger partial charge in [0.05, 0.1) is 5.69 Å². The van der Waals surface area contributed by atoms with Crippen molar-refractivity contribution in [3.63, 3.8) is 0 Å². The smallest absolute Gasteiger partial charge is 0.229 e. The number of nitrogens with one attached hydrogen (secondary N) is 3. The largest absolute Gasteiger partial charge is 0.471 e. The third-order valence-corrected chi connectivity index (χ3v) is 6.10. The van der Waals surface area contributed by atoms with Crippen LogP contribution in [0.3, 0.4) is 0 Å². The molecule has 4 rings (SSSR count). The third kappa shape index (κ3) is 3.78. The molecule has 7 heteroatoms. The molecule has 0 radical (unpaired) electrons. The molecule has 0 spiro atoms. The van der Waals surface area contributed by atoms with E-state index in [9.17, 15) is 0 Å². The van der Waals surface area contributed by atoms with Gasteiger partial charge in [-0.3, -0.25) is 0 Å². The predicted molar refractivity (Wildman–Crippen MR) is 118 cm³/mol. The Morgan fingerprint density at radius 1 is 1.00 bits per heavy atom. The van der Waals surface area contributed by atoms with Gasteiger partial charge in [0.1, 0.15) is 11.6 Å². The first-order valence-corrected chi connectivity index (χ1v) is 9.72. The zero-order valence-corrected chi connectivity index (χ0v) is 17.5. The van der Waals surface area contributed by atoms with Crippen molar-refractivity contribution < 1.29 is 4.74 Å². The minimum absolute atomic E-state index is 0.508. The van der Waals surface area contributed by atoms with Crippen molar-refractivity contribution in [3.05, 3.63) is 56.8 Å². The summed E-state index contributed by atoms with van der Waals surface area (Å²) < 4.78 is 6.74. The normalized spacial score (nSPS) is 12.1. The van der Waals surface area contributed by atoms with Gasteiger partial charge in [0.25, 0.3) is 0 Å². The summed E-state index contributed by atoms with van der Waals surface area (Å²) in [6.45, 7) is 6.71. The van der Waals surface area contributed by atoms with E-state index in [1.54, 1.807) is 0 Å². The van der Waals surface area contributed by atoms with E-state index in [-0.39, 0.29) is 0 Å². The highest BCUT2D eigenvalue weighted by atomic mass is 127. The number of anilines is 5. The maximum Gasteiger partial charge on any atom is 0.229 e. The van der Waals surface area contributed by atoms with E-state index in [1.165, 1.54) is 14.7 Å². The molecule has 0 saturated heterocycles. The van der Waals surface area contributed by atoms with Crippen molar-refractivity contribution in [2.75, 3.05) is 22.7 Å². The van der Waals surface area contributed by atoms with Crippen LogP contribution in [0, 0.1) is 24.3 Å². The van der Waals surface area contributed by atoms with Gasteiger partial charge in [-0.1, -0.05) is 0 Å². The van der Waals surface area contributed by atoms with Crippen molar-refractivity contribution in [3.8, 4) is 5.75 Å². The number of ether oxygens (including phenoxy) is 1. The first-order valence-electron chi connectivity index (χ1n) is 8.65. The highest BCUT2D eigenvalue weighted by Crippen LogP contribution is 2.33. The SMILES string of the molecule is Cc1cnc(Nc2cc(C)c(I)c(C)c2)nc1Nc1ccc2c(c1)NCO2. The second kappa shape index (κ2) is 7.22. The third-order valence-electron chi connectivity index (χ3n) is 4.40. The number of aryl methyl sites for hydroxylation is 3. The first kappa shape index (κ1) is 17.8. The van der Waals surface area contributed by atoms with Gasteiger partial charge < -0.3 is 20.7 Å². The molecule has 2 heterocycles. The molecule has 3 aromatic rings. The standard InChI is InChI=1S/C20H20IN5O/c1-11-6-15(7-12(2)18(11)21)25-20-22-9-13(3)19(26-20)24-14-4-5-17-16(8-14)23-10-27-17/h4-9,23H,10H2,1-3H3,(H2,22,24,25,26). The monoisotopic (exact) mass is 473 g/mol. The molecule has 0 atom stereocenters. The number of hydrogen-bond acceptors (Lipinski definition) is 6. The molecular weight excluding hydrogens is 453 g/mol. The Kier molecular flexibility index (Phi) is 4.77. The van der Waals surface area contributed by atoms with Crippen LogP contribution in [0.5, 0.6) is 5.75 Å². The van der Waals surface area contributed by atoms with E-state index < -0.39 is 0 Å². The highest BCUT2D eigenvalue weighted by molar-refractivity contribution is 14.1. The lowest BCUT2D eigenvalue weighted by Crippen LogP contribution is -2.03. The quantitative estimate of drug-likeness (QED) is 0.450. The molecule has 1 aromatic heterocycles. The first-order chi connectivity index (χ1) is 13.0. The molecule has 1 aliphatic rings. The van der Waals surface area contributed by atoms with Gasteiger partial charge in [0, 0.05) is 26.7 Å². The van der Waals surface area contributed by atoms with Crippen LogP contribution >= 0.6 is 22.6 Å². The van der Waals surface area contributed by atoms with Crippen LogP contribution in [0.4, 0.5) is 28.8 Å². The van der Waals surface area contributed by atoms with E-state index in [4.69, 9.17) is 4.74 Å². The zero-order valence-electron chi connectivity index (χ0n) is 15.4. The van der Waals surface area contributed by atoms with E-state index in [0.717, 1.165) is 34.2 Å². The second-order valence-corrected chi connectivity index (χ2v) is 7.65. The number of halogens is 1. The average Bonchev–Trinajstić information content (AvgIpc) is 3.10. The molecule has 0 fully saturated rings. The van der Waals surface area contributed by atoms with Crippen molar-refractivity contribution in [2.24, 2.45) is 0 Å². The van der Waals surface area contributed by atoms with Crippen molar-refractivity contribution in [1.29, 1.82) is 0 Å². The maximum atomic E-state index is 5.47. The average molecular weight is 473 g/mol. The van der Waals surface area contributed by atoms with Gasteiger partial charge in [-0.2, -0.15) is 4.98 Å². The van der Waals surface area contributed by atoms with Crippen molar-refractivity contribution >= 4 is 51.4 Å². The lowest BCUT2D eigenvalue weighted by atomic mass is 10.1. The van der Waals surface area contributed by atoms with Crippen LogP contribution in [0.15, 0.2) is 36.5 Å². The molecule has 0 unspecified atom stereocenters. The summed E-state index contributed by atoms with van der Waals surface area (Å²) in [6, 6.07) is 10.2. The Labute approximate surface area is 171 Å². The number of nitrogens with zero attached hydrogens (tertiary/aromatic N) is 2. The molecule has 2 aromatic carbocycles. The van der Waals surface area contributed by atoms with E-state index in [0.29, 0.717) is 12.7 Å². The van der Waals surface area contributed by atoms with E-state index in [2.05, 4.69) is 74.5 Å². The molecule has 6 nitrogen and oxygen atoms in total. The summed E-state index contributed by atoms with van der Waals surface area (Å²) in [7, 11) is 0. The maximum absolute atomic E-state index is 5.47. The fourth-order valence-electron chi connectivity index (χ4n) is 2.98. The minimum Gasteiger partial charge on any atom is -0.471 e. The molecule has 1 aliphatic heterocycles. The number of aromatic nitrogens is 2. The number of hydrogen-bond donors (Lipinski definition) is 3. The molecule has 27 heavy (non-hydrogen) atoms. The Morgan fingerprint density at radius 2 is 1.78 bits per heavy atom. The van der Waals surface area contributed by atoms with Crippen LogP contribution in [-0.4, -0.2) is 16.7 Å². The molecule has 0 amide bonds. The fraction of sp³-hybridized carbons (Fsp3) is 0.200. The zero-order chi connectivity index (χ0) is 19.0. The number of fused-ring (bicyclic) bond motifs is 1. The van der Waals surface area contributed by atoms with Crippen LogP contribution in [0.25, 0.3) is 0 Å². The van der Waals surface area contributed by atoms with Gasteiger partial charge >= 0.3 is 0 Å². The Hall–Kier alpha value is -2.55. The van der Waals surface area contributed by atoms with E-state index in [1.807, 2.05) is 31.3 Å². The summed E-state index contributed by atoms with van der Waals surface area (Å²) >= 11 is 2.37. The van der Waals surface area contributed by atoms with Crippen molar-refractivity contribution in [1.82, 2.24) is 9.97 Å². The lowest BCUT2D eigenvalue weighted by molar-refractivity contribution is 0.372. The number of rotatable bonds is 4. The predicted octanol–water partition coefficient (Wildman–Crippen LogP) is 5.26. The Balaban J connectivity index is 1.58. The van der Waals surface area contributed by atoms with Crippen molar-refractivity contribution in [2.45, 2.75) is 20.8 Å². The van der Waals surface area contributed by atoms with Gasteiger partial charge in [0.15, 0.2) is 6.73 Å². The molecule has 0 aliphatic carbocycles. The molecular formula is C20H20IN5O. The molecule has 0 bridgehead atoms. The summed E-state index contributed by atoms with van der Waals surface area (Å²) in [4.78, 5) is 9.07. The Morgan fingerprint density at radius 3 is 2.56 bits per heavy atom. The summed E-state index contributed by atoms with van der Waals surface area (Å²) in [6.07, 6.45) is 1.82. The second-order valence-electron chi connectivity index (χ2n) is 6.58. The summed E-state index contributed by atoms with van der Waals surface area (Å²) in [5, 5.41) is 9.87. The van der Waals surface area contributed by atoms with Crippen LogP contribution in [0.1, 0.15) is 16.7 Å². The van der Waals surface area contributed by atoms with Crippen LogP contribution in [-0.2, 0) is 0 Å². The molecule has 138 valence electrons. The van der Waals surface area contributed by atoms with Gasteiger partial charge in [0.2, 0.25) is 5.95 Å². The highest BCUT2D eigenvalue weighted by Gasteiger charge is 2.12.